The zero-order valence-electron chi connectivity index (χ0n) is 10.5. The minimum atomic E-state index is -4.93. The second-order valence-electron chi connectivity index (χ2n) is 3.66. The van der Waals surface area contributed by atoms with Crippen molar-refractivity contribution < 1.29 is 27.5 Å². The van der Waals surface area contributed by atoms with Gasteiger partial charge in [-0.1, -0.05) is 12.1 Å². The first-order valence-corrected chi connectivity index (χ1v) is 5.66. The lowest BCUT2D eigenvalue weighted by Crippen LogP contribution is -2.29. The van der Waals surface area contributed by atoms with Crippen LogP contribution in [-0.4, -0.2) is 24.7 Å². The molecular weight excluding hydrogens is 275 g/mol. The van der Waals surface area contributed by atoms with Crippen LogP contribution >= 0.6 is 0 Å². The molecule has 4 nitrogen and oxygen atoms in total. The van der Waals surface area contributed by atoms with Gasteiger partial charge in [0.25, 0.3) is 0 Å². The van der Waals surface area contributed by atoms with E-state index in [4.69, 9.17) is 0 Å². The Hall–Kier alpha value is -2.31. The Labute approximate surface area is 113 Å². The summed E-state index contributed by atoms with van der Waals surface area (Å²) in [7, 11) is 0. The van der Waals surface area contributed by atoms with Gasteiger partial charge >= 0.3 is 18.1 Å². The van der Waals surface area contributed by atoms with E-state index in [1.165, 1.54) is 36.4 Å². The highest BCUT2D eigenvalue weighted by atomic mass is 19.4. The third-order valence-corrected chi connectivity index (χ3v) is 2.12. The molecule has 0 aliphatic carbocycles. The van der Waals surface area contributed by atoms with Crippen LogP contribution < -0.4 is 5.32 Å². The number of carbonyl (C=O) groups excluding carboxylic acids is 2. The average Bonchev–Trinajstić information content (AvgIpc) is 2.37. The maximum absolute atomic E-state index is 12.0. The molecule has 0 bridgehead atoms. The summed E-state index contributed by atoms with van der Waals surface area (Å²) >= 11 is 0. The summed E-state index contributed by atoms with van der Waals surface area (Å²) in [6, 6.07) is 5.52. The quantitative estimate of drug-likeness (QED) is 0.684. The number of amides is 1. The van der Waals surface area contributed by atoms with E-state index in [2.05, 4.69) is 4.74 Å². The number of halogens is 3. The lowest BCUT2D eigenvalue weighted by Gasteiger charge is -2.07. The fraction of sp³-hybridized carbons (Fsp3) is 0.231. The second kappa shape index (κ2) is 6.74. The molecule has 0 aliphatic rings. The predicted molar refractivity (Wildman–Crippen MR) is 66.8 cm³/mol. The van der Waals surface area contributed by atoms with E-state index < -0.39 is 18.1 Å². The second-order valence-corrected chi connectivity index (χ2v) is 3.66. The summed E-state index contributed by atoms with van der Waals surface area (Å²) in [5.41, 5.74) is 0.601. The van der Waals surface area contributed by atoms with Crippen molar-refractivity contribution in [1.82, 2.24) is 0 Å². The van der Waals surface area contributed by atoms with Crippen LogP contribution in [0.5, 0.6) is 0 Å². The number of alkyl halides is 3. The smallest absolute Gasteiger partial charge is 0.463 e. The van der Waals surface area contributed by atoms with Crippen molar-refractivity contribution in [2.24, 2.45) is 0 Å². The molecule has 0 atom stereocenters. The molecule has 1 rings (SSSR count). The molecule has 0 unspecified atom stereocenters. The number of nitrogens with one attached hydrogen (secondary N) is 1. The van der Waals surface area contributed by atoms with Gasteiger partial charge in [0, 0.05) is 11.8 Å². The molecule has 1 aromatic rings. The Morgan fingerprint density at radius 2 is 1.85 bits per heavy atom. The largest absolute Gasteiger partial charge is 0.471 e. The molecule has 0 saturated heterocycles. The highest BCUT2D eigenvalue weighted by Crippen LogP contribution is 2.18. The van der Waals surface area contributed by atoms with Crippen LogP contribution in [0.1, 0.15) is 12.5 Å². The molecule has 0 radical (unpaired) electrons. The van der Waals surface area contributed by atoms with E-state index in [9.17, 15) is 22.8 Å². The topological polar surface area (TPSA) is 55.4 Å². The van der Waals surface area contributed by atoms with Gasteiger partial charge in [-0.25, -0.2) is 4.79 Å². The van der Waals surface area contributed by atoms with Crippen molar-refractivity contribution in [3.8, 4) is 0 Å². The summed E-state index contributed by atoms with van der Waals surface area (Å²) in [4.78, 5) is 21.7. The highest BCUT2D eigenvalue weighted by Gasteiger charge is 2.38. The first kappa shape index (κ1) is 15.7. The molecular formula is C13H12F3NO3. The molecule has 1 N–H and O–H groups in total. The average molecular weight is 287 g/mol. The lowest BCUT2D eigenvalue weighted by atomic mass is 10.2. The Bertz CT molecular complexity index is 507. The van der Waals surface area contributed by atoms with Crippen molar-refractivity contribution in [2.45, 2.75) is 13.1 Å². The zero-order chi connectivity index (χ0) is 15.2. The Balaban J connectivity index is 2.65. The van der Waals surface area contributed by atoms with Crippen LogP contribution in [0.15, 0.2) is 30.3 Å². The SMILES string of the molecule is CCOC(=O)C=Cc1ccc(NC(=O)C(F)(F)F)cc1. The first-order valence-electron chi connectivity index (χ1n) is 5.66. The van der Waals surface area contributed by atoms with Gasteiger partial charge in [0.2, 0.25) is 0 Å². The van der Waals surface area contributed by atoms with Crippen LogP contribution in [0, 0.1) is 0 Å². The fourth-order valence-electron chi connectivity index (χ4n) is 1.23. The van der Waals surface area contributed by atoms with Gasteiger partial charge in [0.1, 0.15) is 0 Å². The number of carbonyl (C=O) groups is 2. The van der Waals surface area contributed by atoms with Crippen molar-refractivity contribution in [3.63, 3.8) is 0 Å². The number of benzene rings is 1. The molecule has 0 spiro atoms. The van der Waals surface area contributed by atoms with E-state index in [0.717, 1.165) is 0 Å². The van der Waals surface area contributed by atoms with Crippen LogP contribution in [0.25, 0.3) is 6.08 Å². The highest BCUT2D eigenvalue weighted by molar-refractivity contribution is 5.95. The van der Waals surface area contributed by atoms with Crippen molar-refractivity contribution in [2.75, 3.05) is 11.9 Å². The molecule has 108 valence electrons. The number of ether oxygens (including phenoxy) is 1. The minimum absolute atomic E-state index is 0.0145. The maximum Gasteiger partial charge on any atom is 0.471 e. The summed E-state index contributed by atoms with van der Waals surface area (Å²) in [6.07, 6.45) is -2.28. The molecule has 0 heterocycles. The van der Waals surface area contributed by atoms with Crippen molar-refractivity contribution in [3.05, 3.63) is 35.9 Å². The molecule has 20 heavy (non-hydrogen) atoms. The van der Waals surface area contributed by atoms with E-state index in [1.54, 1.807) is 12.2 Å². The predicted octanol–water partition coefficient (Wildman–Crippen LogP) is 2.76. The number of anilines is 1. The molecule has 0 aliphatic heterocycles. The first-order chi connectivity index (χ1) is 9.32. The molecule has 7 heteroatoms. The summed E-state index contributed by atoms with van der Waals surface area (Å²) in [6.45, 7) is 1.93. The Kier molecular flexibility index (Phi) is 5.31. The summed E-state index contributed by atoms with van der Waals surface area (Å²) in [5, 5.41) is 1.71. The molecule has 1 amide bonds. The summed E-state index contributed by atoms with van der Waals surface area (Å²) in [5.74, 6) is -2.55. The van der Waals surface area contributed by atoms with E-state index in [1.807, 2.05) is 0 Å². The van der Waals surface area contributed by atoms with Crippen LogP contribution in [0.4, 0.5) is 18.9 Å². The fourth-order valence-corrected chi connectivity index (χ4v) is 1.23. The zero-order valence-corrected chi connectivity index (χ0v) is 10.5. The lowest BCUT2D eigenvalue weighted by molar-refractivity contribution is -0.167. The monoisotopic (exact) mass is 287 g/mol. The number of hydrogen-bond acceptors (Lipinski definition) is 3. The van der Waals surface area contributed by atoms with E-state index in [0.29, 0.717) is 5.56 Å². The third kappa shape index (κ3) is 5.13. The van der Waals surface area contributed by atoms with Gasteiger partial charge in [0.15, 0.2) is 0 Å². The van der Waals surface area contributed by atoms with Gasteiger partial charge in [-0.3, -0.25) is 4.79 Å². The van der Waals surface area contributed by atoms with Crippen LogP contribution in [0.2, 0.25) is 0 Å². The molecule has 0 aromatic heterocycles. The van der Waals surface area contributed by atoms with Crippen LogP contribution in [0.3, 0.4) is 0 Å². The van der Waals surface area contributed by atoms with Crippen molar-refractivity contribution in [1.29, 1.82) is 0 Å². The Morgan fingerprint density at radius 3 is 2.35 bits per heavy atom. The third-order valence-electron chi connectivity index (χ3n) is 2.12. The van der Waals surface area contributed by atoms with Gasteiger partial charge in [-0.2, -0.15) is 13.2 Å². The maximum atomic E-state index is 12.0. The van der Waals surface area contributed by atoms with E-state index >= 15 is 0 Å². The number of esters is 1. The number of rotatable bonds is 4. The van der Waals surface area contributed by atoms with Crippen LogP contribution in [-0.2, 0) is 14.3 Å². The normalized spacial score (nSPS) is 11.4. The standard InChI is InChI=1S/C13H12F3NO3/c1-2-20-11(18)8-5-9-3-6-10(7-4-9)17-12(19)13(14,15)16/h3-8H,2H2,1H3,(H,17,19). The molecule has 0 fully saturated rings. The van der Waals surface area contributed by atoms with Gasteiger partial charge in [-0.05, 0) is 30.7 Å². The summed E-state index contributed by atoms with van der Waals surface area (Å²) < 4.78 is 40.7. The van der Waals surface area contributed by atoms with Gasteiger partial charge in [-0.15, -0.1) is 0 Å². The van der Waals surface area contributed by atoms with Gasteiger partial charge < -0.3 is 10.1 Å². The number of hydrogen-bond donors (Lipinski definition) is 1. The molecule has 1 aromatic carbocycles. The van der Waals surface area contributed by atoms with E-state index in [-0.39, 0.29) is 12.3 Å². The Morgan fingerprint density at radius 1 is 1.25 bits per heavy atom. The van der Waals surface area contributed by atoms with Crippen molar-refractivity contribution >= 4 is 23.6 Å². The minimum Gasteiger partial charge on any atom is -0.463 e. The molecule has 0 saturated carbocycles. The van der Waals surface area contributed by atoms with Gasteiger partial charge in [0.05, 0.1) is 6.61 Å².